The number of rotatable bonds is 7. The molecule has 114 valence electrons. The smallest absolute Gasteiger partial charge is 0.299 e. The molecular weight excluding hydrogens is 338 g/mol. The molecule has 2 rings (SSSR count). The molecule has 0 aliphatic carbocycles. The topological polar surface area (TPSA) is 55.8 Å². The molecule has 6 heteroatoms. The van der Waals surface area contributed by atoms with Gasteiger partial charge < -0.3 is 14.4 Å². The van der Waals surface area contributed by atoms with Crippen LogP contribution in [0, 0.1) is 0 Å². The predicted octanol–water partition coefficient (Wildman–Crippen LogP) is 2.77. The maximum absolute atomic E-state index is 12.1. The highest BCUT2D eigenvalue weighted by Crippen LogP contribution is 2.31. The number of halogens is 1. The summed E-state index contributed by atoms with van der Waals surface area (Å²) in [5, 5.41) is 0. The average molecular weight is 356 g/mol. The molecule has 0 fully saturated rings. The van der Waals surface area contributed by atoms with Crippen LogP contribution in [0.5, 0.6) is 0 Å². The second-order valence-corrected chi connectivity index (χ2v) is 5.49. The third-order valence-corrected chi connectivity index (χ3v) is 3.72. The Morgan fingerprint density at radius 1 is 1.19 bits per heavy atom. The van der Waals surface area contributed by atoms with E-state index in [1.54, 1.807) is 18.2 Å². The number of nitrogens with zero attached hydrogens (tertiary/aromatic N) is 1. The van der Waals surface area contributed by atoms with Crippen LogP contribution in [0.25, 0.3) is 0 Å². The lowest BCUT2D eigenvalue weighted by molar-refractivity contribution is -0.138. The van der Waals surface area contributed by atoms with Crippen molar-refractivity contribution in [2.75, 3.05) is 24.7 Å². The lowest BCUT2D eigenvalue weighted by Gasteiger charge is -2.21. The van der Waals surface area contributed by atoms with Gasteiger partial charge in [-0.05, 0) is 32.0 Å². The average Bonchev–Trinajstić information content (AvgIpc) is 2.69. The molecule has 1 aromatic carbocycles. The quantitative estimate of drug-likeness (QED) is 0.557. The molecule has 0 aromatic heterocycles. The Labute approximate surface area is 132 Å². The van der Waals surface area contributed by atoms with E-state index >= 15 is 0 Å². The van der Waals surface area contributed by atoms with Gasteiger partial charge in [0.1, 0.15) is 0 Å². The van der Waals surface area contributed by atoms with E-state index in [0.29, 0.717) is 37.4 Å². The number of ketones is 1. The monoisotopic (exact) mass is 355 g/mol. The lowest BCUT2D eigenvalue weighted by atomic mass is 10.1. The van der Waals surface area contributed by atoms with Crippen LogP contribution in [0.2, 0.25) is 0 Å². The minimum Gasteiger partial charge on any atom is -0.353 e. The van der Waals surface area contributed by atoms with Crippen molar-refractivity contribution in [3.05, 3.63) is 28.2 Å². The highest BCUT2D eigenvalue weighted by molar-refractivity contribution is 9.10. The van der Waals surface area contributed by atoms with Crippen molar-refractivity contribution in [2.24, 2.45) is 0 Å². The molecule has 0 saturated heterocycles. The van der Waals surface area contributed by atoms with Crippen molar-refractivity contribution >= 4 is 33.3 Å². The Morgan fingerprint density at radius 2 is 1.86 bits per heavy atom. The zero-order chi connectivity index (χ0) is 15.4. The molecule has 1 heterocycles. The summed E-state index contributed by atoms with van der Waals surface area (Å²) in [5.41, 5.74) is 1.10. The number of carbonyl (C=O) groups is 2. The van der Waals surface area contributed by atoms with E-state index in [1.807, 2.05) is 13.8 Å². The summed E-state index contributed by atoms with van der Waals surface area (Å²) in [4.78, 5) is 25.5. The molecule has 0 unspecified atom stereocenters. The van der Waals surface area contributed by atoms with Crippen molar-refractivity contribution in [3.63, 3.8) is 0 Å². The number of fused-ring (bicyclic) bond motifs is 1. The predicted molar refractivity (Wildman–Crippen MR) is 82.5 cm³/mol. The molecule has 0 spiro atoms. The third-order valence-electron chi connectivity index (χ3n) is 3.23. The number of anilines is 1. The Hall–Kier alpha value is -1.24. The highest BCUT2D eigenvalue weighted by atomic mass is 79.9. The molecule has 1 aliphatic heterocycles. The summed E-state index contributed by atoms with van der Waals surface area (Å²) in [6, 6.07) is 5.22. The number of hydrogen-bond donors (Lipinski definition) is 0. The molecular formula is C15H18BrNO4. The second kappa shape index (κ2) is 7.15. The van der Waals surface area contributed by atoms with Crippen molar-refractivity contribution in [2.45, 2.75) is 26.6 Å². The molecule has 21 heavy (non-hydrogen) atoms. The number of hydrogen-bond acceptors (Lipinski definition) is 4. The van der Waals surface area contributed by atoms with Gasteiger partial charge in [0, 0.05) is 30.7 Å². The molecule has 0 radical (unpaired) electrons. The normalized spacial score (nSPS) is 14.2. The fourth-order valence-electron chi connectivity index (χ4n) is 2.31. The van der Waals surface area contributed by atoms with Gasteiger partial charge in [-0.3, -0.25) is 9.59 Å². The summed E-state index contributed by atoms with van der Waals surface area (Å²) in [6.45, 7) is 5.25. The van der Waals surface area contributed by atoms with Crippen LogP contribution < -0.4 is 4.90 Å². The van der Waals surface area contributed by atoms with Crippen LogP contribution in [-0.2, 0) is 14.3 Å². The first kappa shape index (κ1) is 16.1. The molecule has 0 saturated carbocycles. The molecule has 0 N–H and O–H groups in total. The van der Waals surface area contributed by atoms with Crippen LogP contribution in [0.4, 0.5) is 5.69 Å². The Balaban J connectivity index is 2.12. The van der Waals surface area contributed by atoms with Crippen molar-refractivity contribution in [3.8, 4) is 0 Å². The van der Waals surface area contributed by atoms with E-state index in [0.717, 1.165) is 4.47 Å². The highest BCUT2D eigenvalue weighted by Gasteiger charge is 2.35. The first-order chi connectivity index (χ1) is 10.1. The van der Waals surface area contributed by atoms with Gasteiger partial charge >= 0.3 is 0 Å². The van der Waals surface area contributed by atoms with Gasteiger partial charge in [0.2, 0.25) is 0 Å². The van der Waals surface area contributed by atoms with E-state index in [2.05, 4.69) is 15.9 Å². The SMILES string of the molecule is CCOC(CCN1C(=O)C(=O)c2ccc(Br)cc21)OCC. The van der Waals surface area contributed by atoms with Crippen LogP contribution in [0.15, 0.2) is 22.7 Å². The number of Topliss-reactive ketones (excluding diaryl/α,β-unsaturated/α-hetero) is 1. The van der Waals surface area contributed by atoms with Crippen molar-refractivity contribution in [1.82, 2.24) is 0 Å². The van der Waals surface area contributed by atoms with Gasteiger partial charge in [-0.15, -0.1) is 0 Å². The largest absolute Gasteiger partial charge is 0.353 e. The fraction of sp³-hybridized carbons (Fsp3) is 0.467. The number of carbonyl (C=O) groups excluding carboxylic acids is 2. The van der Waals surface area contributed by atoms with Gasteiger partial charge in [-0.25, -0.2) is 0 Å². The Bertz CT molecular complexity index is 540. The standard InChI is InChI=1S/C15H18BrNO4/c1-3-20-13(21-4-2)7-8-17-12-9-10(16)5-6-11(12)14(18)15(17)19/h5-6,9,13H,3-4,7-8H2,1-2H3. The van der Waals surface area contributed by atoms with Crippen molar-refractivity contribution < 1.29 is 19.1 Å². The maximum Gasteiger partial charge on any atom is 0.299 e. The molecule has 5 nitrogen and oxygen atoms in total. The van der Waals surface area contributed by atoms with Crippen LogP contribution >= 0.6 is 15.9 Å². The second-order valence-electron chi connectivity index (χ2n) is 4.58. The maximum atomic E-state index is 12.1. The van der Waals surface area contributed by atoms with E-state index < -0.39 is 11.7 Å². The van der Waals surface area contributed by atoms with Gasteiger partial charge in [-0.1, -0.05) is 15.9 Å². The Kier molecular flexibility index (Phi) is 5.50. The zero-order valence-corrected chi connectivity index (χ0v) is 13.7. The molecule has 0 atom stereocenters. The minimum atomic E-state index is -0.491. The minimum absolute atomic E-state index is 0.362. The van der Waals surface area contributed by atoms with E-state index in [-0.39, 0.29) is 6.29 Å². The number of benzene rings is 1. The third kappa shape index (κ3) is 3.51. The summed E-state index contributed by atoms with van der Waals surface area (Å²) < 4.78 is 11.8. The molecule has 1 amide bonds. The molecule has 0 bridgehead atoms. The van der Waals surface area contributed by atoms with Crippen LogP contribution in [0.3, 0.4) is 0 Å². The Morgan fingerprint density at radius 3 is 2.48 bits per heavy atom. The van der Waals surface area contributed by atoms with Gasteiger partial charge in [-0.2, -0.15) is 0 Å². The first-order valence-electron chi connectivity index (χ1n) is 6.97. The number of ether oxygens (including phenoxy) is 2. The lowest BCUT2D eigenvalue weighted by Crippen LogP contribution is -2.33. The van der Waals surface area contributed by atoms with E-state index in [9.17, 15) is 9.59 Å². The summed E-state index contributed by atoms with van der Waals surface area (Å²) in [5.74, 6) is -0.947. The van der Waals surface area contributed by atoms with Gasteiger partial charge in [0.25, 0.3) is 11.7 Å². The summed E-state index contributed by atoms with van der Waals surface area (Å²) >= 11 is 3.36. The van der Waals surface area contributed by atoms with Crippen LogP contribution in [0.1, 0.15) is 30.6 Å². The van der Waals surface area contributed by atoms with Gasteiger partial charge in [0.05, 0.1) is 11.3 Å². The van der Waals surface area contributed by atoms with E-state index in [4.69, 9.17) is 9.47 Å². The summed E-state index contributed by atoms with van der Waals surface area (Å²) in [7, 11) is 0. The fourth-order valence-corrected chi connectivity index (χ4v) is 2.66. The number of amides is 1. The molecule has 1 aromatic rings. The summed E-state index contributed by atoms with van der Waals surface area (Å²) in [6.07, 6.45) is 0.159. The van der Waals surface area contributed by atoms with E-state index in [1.165, 1.54) is 4.90 Å². The zero-order valence-electron chi connectivity index (χ0n) is 12.1. The van der Waals surface area contributed by atoms with Gasteiger partial charge in [0.15, 0.2) is 6.29 Å². The first-order valence-corrected chi connectivity index (χ1v) is 7.76. The molecule has 1 aliphatic rings. The van der Waals surface area contributed by atoms with Crippen LogP contribution in [-0.4, -0.2) is 37.7 Å². The van der Waals surface area contributed by atoms with Crippen molar-refractivity contribution in [1.29, 1.82) is 0 Å².